The number of aliphatic hydroxyl groups excluding tert-OH is 3. The summed E-state index contributed by atoms with van der Waals surface area (Å²) in [5, 5.41) is 37.6. The van der Waals surface area contributed by atoms with Gasteiger partial charge in [-0.1, -0.05) is 0 Å². The molecule has 1 aliphatic heterocycles. The van der Waals surface area contributed by atoms with Gasteiger partial charge in [0.25, 0.3) is 0 Å². The molecule has 0 aliphatic carbocycles. The summed E-state index contributed by atoms with van der Waals surface area (Å²) >= 11 is 0. The molecule has 0 amide bonds. The molecule has 1 fully saturated rings. The van der Waals surface area contributed by atoms with E-state index in [0.29, 0.717) is 0 Å². The molecule has 9 nitrogen and oxygen atoms in total. The van der Waals surface area contributed by atoms with Crippen LogP contribution in [0.3, 0.4) is 0 Å². The zero-order valence-electron chi connectivity index (χ0n) is 10.6. The van der Waals surface area contributed by atoms with Crippen LogP contribution >= 0.6 is 0 Å². The van der Waals surface area contributed by atoms with Gasteiger partial charge >= 0.3 is 11.9 Å². The lowest BCUT2D eigenvalue weighted by molar-refractivity contribution is -0.278. The van der Waals surface area contributed by atoms with E-state index in [1.54, 1.807) is 0 Å². The molecule has 0 unspecified atom stereocenters. The Morgan fingerprint density at radius 1 is 1.19 bits per heavy atom. The van der Waals surface area contributed by atoms with Gasteiger partial charge in [0.15, 0.2) is 6.10 Å². The maximum Gasteiger partial charge on any atom is 0.342 e. The number of carbonyl (C=O) groups is 2. The fraction of sp³-hybridized carbons (Fsp3) is 0.417. The molecule has 21 heavy (non-hydrogen) atoms. The van der Waals surface area contributed by atoms with Crippen LogP contribution in [0.25, 0.3) is 0 Å². The van der Waals surface area contributed by atoms with Crippen molar-refractivity contribution < 1.29 is 39.5 Å². The Balaban J connectivity index is 2.11. The summed E-state index contributed by atoms with van der Waals surface area (Å²) in [6, 6.07) is 2.87. The standard InChI is InChI=1S/C12H13NO8/c14-6-7(15)9(10(17)18)20-12(8(6)16)21-11(19)5-2-1-3-13-4-5/h1-4,6-9,12,14-16H,(H,17,18)/t6-,7-,8+,9-,12-/m0/s1. The molecule has 1 saturated heterocycles. The maximum absolute atomic E-state index is 11.8. The van der Waals surface area contributed by atoms with E-state index in [1.807, 2.05) is 0 Å². The Morgan fingerprint density at radius 2 is 1.90 bits per heavy atom. The number of hydrogen-bond donors (Lipinski definition) is 4. The molecular weight excluding hydrogens is 286 g/mol. The van der Waals surface area contributed by atoms with Crippen molar-refractivity contribution in [1.29, 1.82) is 0 Å². The minimum Gasteiger partial charge on any atom is -0.479 e. The van der Waals surface area contributed by atoms with Gasteiger partial charge in [-0.05, 0) is 12.1 Å². The lowest BCUT2D eigenvalue weighted by Crippen LogP contribution is -2.60. The van der Waals surface area contributed by atoms with Crippen molar-refractivity contribution >= 4 is 11.9 Å². The molecule has 0 spiro atoms. The van der Waals surface area contributed by atoms with Crippen LogP contribution < -0.4 is 0 Å². The van der Waals surface area contributed by atoms with Gasteiger partial charge in [-0.2, -0.15) is 0 Å². The van der Waals surface area contributed by atoms with Crippen LogP contribution in [0.15, 0.2) is 24.5 Å². The summed E-state index contributed by atoms with van der Waals surface area (Å²) < 4.78 is 9.62. The third-order valence-electron chi connectivity index (χ3n) is 2.93. The number of aromatic nitrogens is 1. The summed E-state index contributed by atoms with van der Waals surface area (Å²) in [6.07, 6.45) is -6.36. The summed E-state index contributed by atoms with van der Waals surface area (Å²) in [4.78, 5) is 26.4. The van der Waals surface area contributed by atoms with Gasteiger partial charge in [-0.3, -0.25) is 4.98 Å². The van der Waals surface area contributed by atoms with Crippen LogP contribution in [0, 0.1) is 0 Å². The lowest BCUT2D eigenvalue weighted by atomic mass is 9.99. The number of nitrogens with zero attached hydrogens (tertiary/aromatic N) is 1. The lowest BCUT2D eigenvalue weighted by Gasteiger charge is -2.37. The van der Waals surface area contributed by atoms with Crippen LogP contribution in [-0.4, -0.2) is 68.1 Å². The second-order valence-electron chi connectivity index (χ2n) is 4.38. The average Bonchev–Trinajstić information content (AvgIpc) is 2.48. The Bertz CT molecular complexity index is 521. The molecule has 0 aromatic carbocycles. The van der Waals surface area contributed by atoms with Crippen molar-refractivity contribution in [3.05, 3.63) is 30.1 Å². The highest BCUT2D eigenvalue weighted by atomic mass is 16.7. The minimum atomic E-state index is -1.84. The largest absolute Gasteiger partial charge is 0.479 e. The summed E-state index contributed by atoms with van der Waals surface area (Å²) in [5.74, 6) is -2.48. The summed E-state index contributed by atoms with van der Waals surface area (Å²) in [7, 11) is 0. The highest BCUT2D eigenvalue weighted by Gasteiger charge is 2.48. The molecule has 5 atom stereocenters. The Hall–Kier alpha value is -2.07. The number of esters is 1. The van der Waals surface area contributed by atoms with E-state index in [4.69, 9.17) is 14.6 Å². The SMILES string of the molecule is O=C(O[C@@H]1O[C@H](C(=O)O)[C@@H](O)[C@H](O)[C@H]1O)c1cccnc1. The van der Waals surface area contributed by atoms with Crippen molar-refractivity contribution in [2.45, 2.75) is 30.7 Å². The number of aliphatic carboxylic acids is 1. The molecular formula is C12H13NO8. The zero-order chi connectivity index (χ0) is 15.6. The highest BCUT2D eigenvalue weighted by molar-refractivity contribution is 5.89. The van der Waals surface area contributed by atoms with Gasteiger partial charge in [0, 0.05) is 12.4 Å². The Kier molecular flexibility index (Phi) is 4.48. The second-order valence-corrected chi connectivity index (χ2v) is 4.38. The first-order valence-corrected chi connectivity index (χ1v) is 5.95. The van der Waals surface area contributed by atoms with E-state index in [1.165, 1.54) is 24.5 Å². The fourth-order valence-electron chi connectivity index (χ4n) is 1.81. The molecule has 0 saturated carbocycles. The predicted molar refractivity (Wildman–Crippen MR) is 64.0 cm³/mol. The molecule has 1 aromatic heterocycles. The van der Waals surface area contributed by atoms with E-state index in [9.17, 15) is 24.9 Å². The van der Waals surface area contributed by atoms with E-state index < -0.39 is 42.6 Å². The number of carboxylic acid groups (broad SMARTS) is 1. The van der Waals surface area contributed by atoms with E-state index in [-0.39, 0.29) is 5.56 Å². The molecule has 9 heteroatoms. The number of ether oxygens (including phenoxy) is 2. The third-order valence-corrected chi connectivity index (χ3v) is 2.93. The molecule has 2 rings (SSSR count). The van der Waals surface area contributed by atoms with Gasteiger partial charge in [0.2, 0.25) is 6.29 Å². The molecule has 0 radical (unpaired) electrons. The smallest absolute Gasteiger partial charge is 0.342 e. The molecule has 114 valence electrons. The third kappa shape index (κ3) is 3.16. The monoisotopic (exact) mass is 299 g/mol. The van der Waals surface area contributed by atoms with Crippen molar-refractivity contribution in [2.24, 2.45) is 0 Å². The van der Waals surface area contributed by atoms with Crippen molar-refractivity contribution in [1.82, 2.24) is 4.98 Å². The average molecular weight is 299 g/mol. The maximum atomic E-state index is 11.8. The number of pyridine rings is 1. The summed E-state index contributed by atoms with van der Waals surface area (Å²) in [6.45, 7) is 0. The molecule has 0 bridgehead atoms. The number of aliphatic hydroxyl groups is 3. The van der Waals surface area contributed by atoms with Gasteiger partial charge in [-0.25, -0.2) is 9.59 Å². The van der Waals surface area contributed by atoms with Crippen LogP contribution in [0.5, 0.6) is 0 Å². The molecule has 2 heterocycles. The molecule has 1 aromatic rings. The van der Waals surface area contributed by atoms with E-state index in [0.717, 1.165) is 0 Å². The molecule has 4 N–H and O–H groups in total. The normalized spacial score (nSPS) is 32.4. The van der Waals surface area contributed by atoms with Crippen LogP contribution in [0.1, 0.15) is 10.4 Å². The number of hydrogen-bond acceptors (Lipinski definition) is 8. The van der Waals surface area contributed by atoms with E-state index in [2.05, 4.69) is 4.98 Å². The van der Waals surface area contributed by atoms with Crippen LogP contribution in [0.4, 0.5) is 0 Å². The predicted octanol–water partition coefficient (Wildman–Crippen LogP) is -1.87. The highest BCUT2D eigenvalue weighted by Crippen LogP contribution is 2.23. The quantitative estimate of drug-likeness (QED) is 0.471. The minimum absolute atomic E-state index is 0.0563. The summed E-state index contributed by atoms with van der Waals surface area (Å²) in [5.41, 5.74) is 0.0563. The fourth-order valence-corrected chi connectivity index (χ4v) is 1.81. The Labute approximate surface area is 118 Å². The van der Waals surface area contributed by atoms with Crippen molar-refractivity contribution in [2.75, 3.05) is 0 Å². The first-order valence-electron chi connectivity index (χ1n) is 5.95. The Morgan fingerprint density at radius 3 is 2.48 bits per heavy atom. The number of carbonyl (C=O) groups excluding carboxylic acids is 1. The van der Waals surface area contributed by atoms with Gasteiger partial charge < -0.3 is 29.9 Å². The number of rotatable bonds is 3. The molecule has 1 aliphatic rings. The second kappa shape index (κ2) is 6.14. The first kappa shape index (κ1) is 15.3. The van der Waals surface area contributed by atoms with Gasteiger partial charge in [-0.15, -0.1) is 0 Å². The first-order chi connectivity index (χ1) is 9.91. The topological polar surface area (TPSA) is 146 Å². The van der Waals surface area contributed by atoms with Crippen molar-refractivity contribution in [3.8, 4) is 0 Å². The van der Waals surface area contributed by atoms with Gasteiger partial charge in [0.05, 0.1) is 5.56 Å². The van der Waals surface area contributed by atoms with Crippen molar-refractivity contribution in [3.63, 3.8) is 0 Å². The number of carboxylic acids is 1. The van der Waals surface area contributed by atoms with Crippen LogP contribution in [-0.2, 0) is 14.3 Å². The zero-order valence-corrected chi connectivity index (χ0v) is 10.6. The van der Waals surface area contributed by atoms with Crippen LogP contribution in [0.2, 0.25) is 0 Å². The van der Waals surface area contributed by atoms with Gasteiger partial charge in [0.1, 0.15) is 18.3 Å². The van der Waals surface area contributed by atoms with E-state index >= 15 is 0 Å².